The average Bonchev–Trinajstić information content (AvgIpc) is 2.69. The van der Waals surface area contributed by atoms with Gasteiger partial charge in [0, 0.05) is 18.7 Å². The molecule has 1 aliphatic rings. The van der Waals surface area contributed by atoms with Crippen LogP contribution in [-0.4, -0.2) is 40.9 Å². The molecule has 0 saturated carbocycles. The summed E-state index contributed by atoms with van der Waals surface area (Å²) in [4.78, 5) is 37.7. The van der Waals surface area contributed by atoms with Crippen LogP contribution in [0.15, 0.2) is 42.5 Å². The predicted octanol–water partition coefficient (Wildman–Crippen LogP) is 3.32. The largest absolute Gasteiger partial charge is 0.478 e. The van der Waals surface area contributed by atoms with E-state index in [1.54, 1.807) is 17.0 Å². The maximum Gasteiger partial charge on any atom is 0.335 e. The molecule has 7 heteroatoms. The third kappa shape index (κ3) is 4.36. The van der Waals surface area contributed by atoms with Gasteiger partial charge in [-0.15, -0.1) is 0 Å². The Bertz CT molecular complexity index is 911. The van der Waals surface area contributed by atoms with Crippen molar-refractivity contribution in [3.63, 3.8) is 0 Å². The number of carbonyl (C=O) groups is 3. The summed E-state index contributed by atoms with van der Waals surface area (Å²) in [7, 11) is 0. The SMILES string of the molecule is Cc1ccc(C(=O)N2CCCC(C(=O)Nc3ccc(C(=O)O)cc3F)C2)cc1. The van der Waals surface area contributed by atoms with Gasteiger partial charge in [-0.2, -0.15) is 0 Å². The maximum atomic E-state index is 14.1. The van der Waals surface area contributed by atoms with E-state index in [2.05, 4.69) is 5.32 Å². The Morgan fingerprint density at radius 3 is 2.43 bits per heavy atom. The topological polar surface area (TPSA) is 86.7 Å². The zero-order chi connectivity index (χ0) is 20.3. The van der Waals surface area contributed by atoms with Gasteiger partial charge in [0.2, 0.25) is 5.91 Å². The number of carbonyl (C=O) groups excluding carboxylic acids is 2. The van der Waals surface area contributed by atoms with Gasteiger partial charge in [-0.3, -0.25) is 9.59 Å². The molecular formula is C21H21FN2O4. The van der Waals surface area contributed by atoms with Gasteiger partial charge in [0.15, 0.2) is 0 Å². The zero-order valence-electron chi connectivity index (χ0n) is 15.4. The molecule has 1 aliphatic heterocycles. The molecule has 1 unspecified atom stereocenters. The minimum absolute atomic E-state index is 0.0722. The Morgan fingerprint density at radius 1 is 1.11 bits per heavy atom. The normalized spacial score (nSPS) is 16.5. The van der Waals surface area contributed by atoms with Crippen molar-refractivity contribution in [1.29, 1.82) is 0 Å². The van der Waals surface area contributed by atoms with Crippen LogP contribution in [0.4, 0.5) is 10.1 Å². The van der Waals surface area contributed by atoms with Crippen molar-refractivity contribution in [2.24, 2.45) is 5.92 Å². The molecule has 2 N–H and O–H groups in total. The first-order chi connectivity index (χ1) is 13.3. The number of hydrogen-bond acceptors (Lipinski definition) is 3. The number of aryl methyl sites for hydroxylation is 1. The number of likely N-dealkylation sites (tertiary alicyclic amines) is 1. The molecule has 0 spiro atoms. The van der Waals surface area contributed by atoms with Crippen molar-refractivity contribution in [2.45, 2.75) is 19.8 Å². The van der Waals surface area contributed by atoms with Crippen LogP contribution < -0.4 is 5.32 Å². The van der Waals surface area contributed by atoms with E-state index in [1.165, 1.54) is 12.1 Å². The number of hydrogen-bond donors (Lipinski definition) is 2. The molecule has 0 aliphatic carbocycles. The number of benzene rings is 2. The Balaban J connectivity index is 1.66. The standard InChI is InChI=1S/C21H21FN2O4/c1-13-4-6-14(7-5-13)20(26)24-10-2-3-16(12-24)19(25)23-18-9-8-15(21(27)28)11-17(18)22/h4-9,11,16H,2-3,10,12H2,1H3,(H,23,25)(H,27,28). The van der Waals surface area contributed by atoms with Crippen molar-refractivity contribution in [3.05, 3.63) is 65.0 Å². The van der Waals surface area contributed by atoms with Gasteiger partial charge in [-0.05, 0) is 50.1 Å². The van der Waals surface area contributed by atoms with Gasteiger partial charge in [-0.1, -0.05) is 17.7 Å². The molecule has 0 radical (unpaired) electrons. The summed E-state index contributed by atoms with van der Waals surface area (Å²) in [5.74, 6) is -3.02. The number of amides is 2. The van der Waals surface area contributed by atoms with Crippen molar-refractivity contribution in [1.82, 2.24) is 4.90 Å². The van der Waals surface area contributed by atoms with Gasteiger partial charge >= 0.3 is 5.97 Å². The van der Waals surface area contributed by atoms with E-state index in [0.29, 0.717) is 24.9 Å². The van der Waals surface area contributed by atoms with E-state index in [-0.39, 0.29) is 29.6 Å². The summed E-state index contributed by atoms with van der Waals surface area (Å²) in [5, 5.41) is 11.4. The quantitative estimate of drug-likeness (QED) is 0.847. The van der Waals surface area contributed by atoms with E-state index in [0.717, 1.165) is 11.6 Å². The molecule has 146 valence electrons. The summed E-state index contributed by atoms with van der Waals surface area (Å²) < 4.78 is 14.1. The minimum Gasteiger partial charge on any atom is -0.478 e. The Kier molecular flexibility index (Phi) is 5.73. The smallest absolute Gasteiger partial charge is 0.335 e. The van der Waals surface area contributed by atoms with Gasteiger partial charge in [0.05, 0.1) is 17.2 Å². The number of carboxylic acid groups (broad SMARTS) is 1. The van der Waals surface area contributed by atoms with Crippen LogP contribution in [0.2, 0.25) is 0 Å². The lowest BCUT2D eigenvalue weighted by molar-refractivity contribution is -0.121. The highest BCUT2D eigenvalue weighted by Crippen LogP contribution is 2.22. The third-order valence-electron chi connectivity index (χ3n) is 4.85. The van der Waals surface area contributed by atoms with Gasteiger partial charge in [0.1, 0.15) is 5.82 Å². The molecule has 1 fully saturated rings. The van der Waals surface area contributed by atoms with Crippen LogP contribution in [-0.2, 0) is 4.79 Å². The number of piperidine rings is 1. The summed E-state index contributed by atoms with van der Waals surface area (Å²) in [5.41, 5.74) is 1.37. The van der Waals surface area contributed by atoms with Gasteiger partial charge in [-0.25, -0.2) is 9.18 Å². The van der Waals surface area contributed by atoms with E-state index in [1.807, 2.05) is 19.1 Å². The summed E-state index contributed by atoms with van der Waals surface area (Å²) in [6.45, 7) is 2.77. The lowest BCUT2D eigenvalue weighted by Crippen LogP contribution is -2.43. The van der Waals surface area contributed by atoms with Crippen LogP contribution in [0.5, 0.6) is 0 Å². The third-order valence-corrected chi connectivity index (χ3v) is 4.85. The van der Waals surface area contributed by atoms with Crippen molar-refractivity contribution in [2.75, 3.05) is 18.4 Å². The van der Waals surface area contributed by atoms with E-state index >= 15 is 0 Å². The molecular weight excluding hydrogens is 363 g/mol. The van der Waals surface area contributed by atoms with Crippen molar-refractivity contribution < 1.29 is 23.9 Å². The second kappa shape index (κ2) is 8.21. The Hall–Kier alpha value is -3.22. The minimum atomic E-state index is -1.24. The predicted molar refractivity (Wildman–Crippen MR) is 102 cm³/mol. The molecule has 2 aromatic carbocycles. The van der Waals surface area contributed by atoms with Gasteiger partial charge < -0.3 is 15.3 Å². The molecule has 3 rings (SSSR count). The molecule has 1 heterocycles. The van der Waals surface area contributed by atoms with E-state index in [4.69, 9.17) is 5.11 Å². The fourth-order valence-electron chi connectivity index (χ4n) is 3.24. The summed E-state index contributed by atoms with van der Waals surface area (Å²) >= 11 is 0. The Morgan fingerprint density at radius 2 is 1.79 bits per heavy atom. The number of halogens is 1. The van der Waals surface area contributed by atoms with Crippen molar-refractivity contribution >= 4 is 23.5 Å². The number of aromatic carboxylic acids is 1. The molecule has 28 heavy (non-hydrogen) atoms. The van der Waals surface area contributed by atoms with Crippen LogP contribution in [0.3, 0.4) is 0 Å². The molecule has 2 amide bonds. The van der Waals surface area contributed by atoms with E-state index in [9.17, 15) is 18.8 Å². The fraction of sp³-hybridized carbons (Fsp3) is 0.286. The average molecular weight is 384 g/mol. The number of anilines is 1. The van der Waals surface area contributed by atoms with Crippen LogP contribution in [0.1, 0.15) is 39.1 Å². The van der Waals surface area contributed by atoms with E-state index < -0.39 is 17.7 Å². The number of nitrogens with one attached hydrogen (secondary N) is 1. The molecule has 2 aromatic rings. The molecule has 1 atom stereocenters. The van der Waals surface area contributed by atoms with Crippen LogP contribution >= 0.6 is 0 Å². The second-order valence-corrected chi connectivity index (χ2v) is 6.95. The molecule has 0 aromatic heterocycles. The zero-order valence-corrected chi connectivity index (χ0v) is 15.4. The molecule has 1 saturated heterocycles. The lowest BCUT2D eigenvalue weighted by atomic mass is 9.96. The highest BCUT2D eigenvalue weighted by atomic mass is 19.1. The first-order valence-corrected chi connectivity index (χ1v) is 9.05. The first kappa shape index (κ1) is 19.5. The first-order valence-electron chi connectivity index (χ1n) is 9.05. The maximum absolute atomic E-state index is 14.1. The number of rotatable bonds is 4. The second-order valence-electron chi connectivity index (χ2n) is 6.95. The summed E-state index contributed by atoms with van der Waals surface area (Å²) in [6, 6.07) is 10.6. The van der Waals surface area contributed by atoms with Crippen molar-refractivity contribution in [3.8, 4) is 0 Å². The number of nitrogens with zero attached hydrogens (tertiary/aromatic N) is 1. The Labute approximate surface area is 162 Å². The van der Waals surface area contributed by atoms with Gasteiger partial charge in [0.25, 0.3) is 5.91 Å². The van der Waals surface area contributed by atoms with Crippen LogP contribution in [0, 0.1) is 18.7 Å². The number of carboxylic acids is 1. The highest BCUT2D eigenvalue weighted by Gasteiger charge is 2.29. The fourth-order valence-corrected chi connectivity index (χ4v) is 3.24. The monoisotopic (exact) mass is 384 g/mol. The summed E-state index contributed by atoms with van der Waals surface area (Å²) in [6.07, 6.45) is 1.27. The van der Waals surface area contributed by atoms with Crippen LogP contribution in [0.25, 0.3) is 0 Å². The molecule has 6 nitrogen and oxygen atoms in total. The lowest BCUT2D eigenvalue weighted by Gasteiger charge is -2.32. The highest BCUT2D eigenvalue weighted by molar-refractivity contribution is 5.96. The molecule has 0 bridgehead atoms.